The van der Waals surface area contributed by atoms with Crippen molar-refractivity contribution in [3.8, 4) is 11.5 Å². The number of anilines is 2. The first kappa shape index (κ1) is 19.6. The van der Waals surface area contributed by atoms with Gasteiger partial charge in [-0.1, -0.05) is 18.2 Å². The van der Waals surface area contributed by atoms with E-state index in [1.165, 1.54) is 0 Å². The molecule has 0 spiro atoms. The molecule has 0 unspecified atom stereocenters. The number of carbonyl (C=O) groups excluding carboxylic acids is 1. The number of para-hydroxylation sites is 1. The van der Waals surface area contributed by atoms with Crippen molar-refractivity contribution in [1.29, 1.82) is 0 Å². The Morgan fingerprint density at radius 3 is 2.38 bits per heavy atom. The molecule has 0 radical (unpaired) electrons. The predicted octanol–water partition coefficient (Wildman–Crippen LogP) is 3.96. The summed E-state index contributed by atoms with van der Waals surface area (Å²) in [4.78, 5) is 12.1. The molecule has 0 fully saturated rings. The maximum atomic E-state index is 12.1. The van der Waals surface area contributed by atoms with Crippen molar-refractivity contribution in [2.24, 2.45) is 0 Å². The average molecular weight is 351 g/mol. The molecule has 130 valence electrons. The van der Waals surface area contributed by atoms with E-state index in [1.54, 1.807) is 12.1 Å². The Kier molecular flexibility index (Phi) is 8.50. The summed E-state index contributed by atoms with van der Waals surface area (Å²) in [7, 11) is 0. The van der Waals surface area contributed by atoms with Gasteiger partial charge >= 0.3 is 0 Å². The van der Waals surface area contributed by atoms with E-state index in [2.05, 4.69) is 10.6 Å². The molecule has 6 heteroatoms. The number of rotatable bonds is 8. The van der Waals surface area contributed by atoms with Crippen LogP contribution in [0.2, 0.25) is 0 Å². The molecule has 0 heterocycles. The summed E-state index contributed by atoms with van der Waals surface area (Å²) in [5, 5.41) is 5.93. The third-order valence-electron chi connectivity index (χ3n) is 3.06. The van der Waals surface area contributed by atoms with Gasteiger partial charge in [0.25, 0.3) is 0 Å². The standard InChI is InChI=1S/C18H22N2O3.ClH/c1-3-22-15-10-11-17(23-4-2)16(12-15)20-18(21)13-19-14-8-6-5-7-9-14;/h5-12,19H,3-4,13H2,1-2H3,(H,20,21);1H. The van der Waals surface area contributed by atoms with Crippen LogP contribution in [-0.4, -0.2) is 25.7 Å². The van der Waals surface area contributed by atoms with Crippen LogP contribution in [0.25, 0.3) is 0 Å². The Balaban J connectivity index is 0.00000288. The number of amides is 1. The zero-order chi connectivity index (χ0) is 16.5. The second-order valence-corrected chi connectivity index (χ2v) is 4.79. The van der Waals surface area contributed by atoms with E-state index in [0.29, 0.717) is 30.4 Å². The van der Waals surface area contributed by atoms with Crippen molar-refractivity contribution in [1.82, 2.24) is 0 Å². The molecule has 2 rings (SSSR count). The van der Waals surface area contributed by atoms with Gasteiger partial charge in [0, 0.05) is 11.8 Å². The van der Waals surface area contributed by atoms with Crippen LogP contribution in [0, 0.1) is 0 Å². The quantitative estimate of drug-likeness (QED) is 0.756. The molecular weight excluding hydrogens is 328 g/mol. The Labute approximate surface area is 148 Å². The van der Waals surface area contributed by atoms with Crippen molar-refractivity contribution in [3.63, 3.8) is 0 Å². The van der Waals surface area contributed by atoms with Crippen molar-refractivity contribution in [3.05, 3.63) is 48.5 Å². The highest BCUT2D eigenvalue weighted by Gasteiger charge is 2.09. The zero-order valence-electron chi connectivity index (χ0n) is 13.9. The lowest BCUT2D eigenvalue weighted by Gasteiger charge is -2.14. The lowest BCUT2D eigenvalue weighted by Crippen LogP contribution is -2.22. The van der Waals surface area contributed by atoms with E-state index < -0.39 is 0 Å². The number of carbonyl (C=O) groups is 1. The molecule has 1 amide bonds. The van der Waals surface area contributed by atoms with Crippen molar-refractivity contribution in [2.75, 3.05) is 30.4 Å². The van der Waals surface area contributed by atoms with E-state index in [0.717, 1.165) is 5.69 Å². The van der Waals surface area contributed by atoms with E-state index >= 15 is 0 Å². The van der Waals surface area contributed by atoms with Crippen LogP contribution >= 0.6 is 12.4 Å². The van der Waals surface area contributed by atoms with E-state index in [4.69, 9.17) is 9.47 Å². The summed E-state index contributed by atoms with van der Waals surface area (Å²) in [5.74, 6) is 1.18. The summed E-state index contributed by atoms with van der Waals surface area (Å²) in [6, 6.07) is 15.0. The lowest BCUT2D eigenvalue weighted by molar-refractivity contribution is -0.114. The number of hydrogen-bond acceptors (Lipinski definition) is 4. The van der Waals surface area contributed by atoms with Gasteiger partial charge in [-0.2, -0.15) is 0 Å². The Hall–Kier alpha value is -2.40. The number of hydrogen-bond donors (Lipinski definition) is 2. The summed E-state index contributed by atoms with van der Waals surface area (Å²) in [6.07, 6.45) is 0. The van der Waals surface area contributed by atoms with Gasteiger partial charge in [-0.15, -0.1) is 12.4 Å². The lowest BCUT2D eigenvalue weighted by atomic mass is 10.2. The predicted molar refractivity (Wildman–Crippen MR) is 99.6 cm³/mol. The first-order valence-corrected chi connectivity index (χ1v) is 7.71. The molecule has 2 aromatic rings. The SMILES string of the molecule is CCOc1ccc(OCC)c(NC(=O)CNc2ccccc2)c1.Cl. The van der Waals surface area contributed by atoms with Gasteiger partial charge in [0.05, 0.1) is 25.4 Å². The fourth-order valence-corrected chi connectivity index (χ4v) is 2.08. The monoisotopic (exact) mass is 350 g/mol. The molecule has 0 aliphatic heterocycles. The second kappa shape index (κ2) is 10.4. The Morgan fingerprint density at radius 1 is 1.00 bits per heavy atom. The van der Waals surface area contributed by atoms with Crippen LogP contribution in [0.15, 0.2) is 48.5 Å². The number of ether oxygens (including phenoxy) is 2. The van der Waals surface area contributed by atoms with Crippen molar-refractivity contribution < 1.29 is 14.3 Å². The second-order valence-electron chi connectivity index (χ2n) is 4.79. The van der Waals surface area contributed by atoms with Gasteiger partial charge in [0.15, 0.2) is 0 Å². The molecule has 24 heavy (non-hydrogen) atoms. The van der Waals surface area contributed by atoms with Crippen LogP contribution in [0.1, 0.15) is 13.8 Å². The van der Waals surface area contributed by atoms with Crippen LogP contribution in [-0.2, 0) is 4.79 Å². The average Bonchev–Trinajstić information content (AvgIpc) is 2.57. The van der Waals surface area contributed by atoms with E-state index in [9.17, 15) is 4.79 Å². The molecule has 0 aliphatic carbocycles. The maximum Gasteiger partial charge on any atom is 0.243 e. The Morgan fingerprint density at radius 2 is 1.71 bits per heavy atom. The van der Waals surface area contributed by atoms with Crippen LogP contribution < -0.4 is 20.1 Å². The van der Waals surface area contributed by atoms with Crippen LogP contribution in [0.3, 0.4) is 0 Å². The molecule has 0 aliphatic rings. The zero-order valence-corrected chi connectivity index (χ0v) is 14.7. The number of halogens is 1. The summed E-state index contributed by atoms with van der Waals surface area (Å²) < 4.78 is 11.0. The van der Waals surface area contributed by atoms with Gasteiger partial charge in [-0.25, -0.2) is 0 Å². The maximum absolute atomic E-state index is 12.1. The third-order valence-corrected chi connectivity index (χ3v) is 3.06. The number of benzene rings is 2. The molecule has 5 nitrogen and oxygen atoms in total. The first-order valence-electron chi connectivity index (χ1n) is 7.71. The fraction of sp³-hybridized carbons (Fsp3) is 0.278. The molecule has 2 N–H and O–H groups in total. The number of nitrogens with one attached hydrogen (secondary N) is 2. The summed E-state index contributed by atoms with van der Waals surface area (Å²) in [5.41, 5.74) is 1.51. The first-order chi connectivity index (χ1) is 11.2. The minimum atomic E-state index is -0.150. The molecule has 0 aromatic heterocycles. The molecular formula is C18H23ClN2O3. The van der Waals surface area contributed by atoms with Crippen LogP contribution in [0.4, 0.5) is 11.4 Å². The molecule has 0 bridgehead atoms. The van der Waals surface area contributed by atoms with Gasteiger partial charge in [-0.05, 0) is 38.1 Å². The third kappa shape index (κ3) is 6.01. The molecule has 0 atom stereocenters. The highest BCUT2D eigenvalue weighted by molar-refractivity contribution is 5.95. The Bertz CT molecular complexity index is 635. The minimum absolute atomic E-state index is 0. The largest absolute Gasteiger partial charge is 0.494 e. The topological polar surface area (TPSA) is 59.6 Å². The van der Waals surface area contributed by atoms with Gasteiger partial charge in [0.2, 0.25) is 5.91 Å². The normalized spacial score (nSPS) is 9.58. The summed E-state index contributed by atoms with van der Waals surface area (Å²) >= 11 is 0. The molecule has 0 saturated heterocycles. The molecule has 2 aromatic carbocycles. The van der Waals surface area contributed by atoms with Crippen molar-refractivity contribution >= 4 is 29.7 Å². The molecule has 0 saturated carbocycles. The summed E-state index contributed by atoms with van der Waals surface area (Å²) in [6.45, 7) is 5.09. The fourth-order valence-electron chi connectivity index (χ4n) is 2.08. The van der Waals surface area contributed by atoms with E-state index in [-0.39, 0.29) is 24.9 Å². The highest BCUT2D eigenvalue weighted by Crippen LogP contribution is 2.29. The minimum Gasteiger partial charge on any atom is -0.494 e. The van der Waals surface area contributed by atoms with Crippen LogP contribution in [0.5, 0.6) is 11.5 Å². The van der Waals surface area contributed by atoms with Gasteiger partial charge < -0.3 is 20.1 Å². The smallest absolute Gasteiger partial charge is 0.243 e. The van der Waals surface area contributed by atoms with Crippen molar-refractivity contribution in [2.45, 2.75) is 13.8 Å². The van der Waals surface area contributed by atoms with E-state index in [1.807, 2.05) is 50.2 Å². The van der Waals surface area contributed by atoms with Gasteiger partial charge in [0.1, 0.15) is 11.5 Å². The highest BCUT2D eigenvalue weighted by atomic mass is 35.5. The van der Waals surface area contributed by atoms with Gasteiger partial charge in [-0.3, -0.25) is 4.79 Å².